The van der Waals surface area contributed by atoms with Crippen LogP contribution in [0.5, 0.6) is 0 Å². The van der Waals surface area contributed by atoms with Crippen molar-refractivity contribution in [3.05, 3.63) is 29.8 Å². The Morgan fingerprint density at radius 1 is 1.00 bits per heavy atom. The van der Waals surface area contributed by atoms with Gasteiger partial charge in [0.1, 0.15) is 0 Å². The fourth-order valence-electron chi connectivity index (χ4n) is 6.16. The van der Waals surface area contributed by atoms with Gasteiger partial charge in [-0.25, -0.2) is 8.42 Å². The van der Waals surface area contributed by atoms with Crippen LogP contribution in [0.4, 0.5) is 0 Å². The summed E-state index contributed by atoms with van der Waals surface area (Å²) in [5.74, 6) is 1.06. The zero-order valence-corrected chi connectivity index (χ0v) is 17.2. The molecule has 3 N–H and O–H groups in total. The quantitative estimate of drug-likeness (QED) is 0.560. The molecule has 0 heterocycles. The first kappa shape index (κ1) is 20.3. The van der Waals surface area contributed by atoms with Crippen LogP contribution in [-0.2, 0) is 26.0 Å². The molecular weight excluding hydrogens is 392 g/mol. The normalized spacial score (nSPS) is 30.3. The second kappa shape index (κ2) is 7.72. The lowest BCUT2D eigenvalue weighted by Crippen LogP contribution is -2.50. The molecule has 0 spiro atoms. The summed E-state index contributed by atoms with van der Waals surface area (Å²) >= 11 is 0. The minimum absolute atomic E-state index is 0.00920. The van der Waals surface area contributed by atoms with Crippen LogP contribution in [0.15, 0.2) is 29.2 Å². The van der Waals surface area contributed by atoms with E-state index in [0.29, 0.717) is 12.8 Å². The van der Waals surface area contributed by atoms with Crippen LogP contribution in [0.25, 0.3) is 0 Å². The molecule has 4 saturated carbocycles. The van der Waals surface area contributed by atoms with Gasteiger partial charge in [-0.05, 0) is 85.8 Å². The van der Waals surface area contributed by atoms with Gasteiger partial charge in [0.05, 0.1) is 4.90 Å². The van der Waals surface area contributed by atoms with Crippen LogP contribution in [-0.4, -0.2) is 25.4 Å². The lowest BCUT2D eigenvalue weighted by Gasteiger charge is -2.56. The van der Waals surface area contributed by atoms with Crippen LogP contribution < -0.4 is 10.3 Å². The van der Waals surface area contributed by atoms with E-state index < -0.39 is 16.0 Å². The molecule has 1 aromatic carbocycles. The number of aryl methyl sites for hydroxylation is 1. The number of hydrogen-bond acceptors (Lipinski definition) is 4. The Morgan fingerprint density at radius 2 is 1.55 bits per heavy atom. The minimum atomic E-state index is -3.87. The average Bonchev–Trinajstić information content (AvgIpc) is 2.64. The number of hydrazine groups is 1. The lowest BCUT2D eigenvalue weighted by atomic mass is 9.49. The molecule has 0 radical (unpaired) electrons. The van der Waals surface area contributed by atoms with Crippen molar-refractivity contribution in [3.8, 4) is 0 Å². The van der Waals surface area contributed by atoms with E-state index in [4.69, 9.17) is 5.11 Å². The topological polar surface area (TPSA) is 113 Å². The number of sulfonamides is 1. The molecule has 5 rings (SSSR count). The Hall–Kier alpha value is -1.93. The molecule has 0 unspecified atom stereocenters. The van der Waals surface area contributed by atoms with Crippen molar-refractivity contribution in [2.24, 2.45) is 23.2 Å². The molecule has 158 valence electrons. The van der Waals surface area contributed by atoms with Crippen LogP contribution in [0, 0.1) is 23.2 Å². The summed E-state index contributed by atoms with van der Waals surface area (Å²) in [7, 11) is -3.87. The number of carbonyl (C=O) groups is 2. The fraction of sp³-hybridized carbons (Fsp3) is 0.619. The van der Waals surface area contributed by atoms with Crippen molar-refractivity contribution in [1.82, 2.24) is 10.3 Å². The molecule has 1 aromatic rings. The molecular formula is C21H28N2O5S. The summed E-state index contributed by atoms with van der Waals surface area (Å²) in [4.78, 5) is 25.4. The molecule has 8 heteroatoms. The summed E-state index contributed by atoms with van der Waals surface area (Å²) in [6, 6.07) is 6.03. The maximum atomic E-state index is 12.5. The van der Waals surface area contributed by atoms with E-state index in [1.54, 1.807) is 12.1 Å². The van der Waals surface area contributed by atoms with Crippen molar-refractivity contribution < 1.29 is 23.1 Å². The Labute approximate surface area is 171 Å². The Morgan fingerprint density at radius 3 is 2.07 bits per heavy atom. The molecule has 4 fully saturated rings. The van der Waals surface area contributed by atoms with Gasteiger partial charge in [-0.3, -0.25) is 15.0 Å². The van der Waals surface area contributed by atoms with E-state index in [-0.39, 0.29) is 22.6 Å². The number of benzene rings is 1. The van der Waals surface area contributed by atoms with Gasteiger partial charge >= 0.3 is 5.97 Å². The lowest BCUT2D eigenvalue weighted by molar-refractivity contribution is -0.137. The van der Waals surface area contributed by atoms with E-state index in [1.807, 2.05) is 0 Å². The van der Waals surface area contributed by atoms with Gasteiger partial charge in [0, 0.05) is 12.8 Å². The Kier molecular flexibility index (Phi) is 5.42. The Balaban J connectivity index is 1.32. The van der Waals surface area contributed by atoms with E-state index in [9.17, 15) is 18.0 Å². The standard InChI is InChI=1S/C21H28N2O5S/c24-19(13-21-10-15-7-16(11-21)9-17(8-15)12-21)22-23-29(27,28)18-4-1-14(2-5-18)3-6-20(25)26/h1-2,4-5,15-17,23H,3,6-13H2,(H,22,24)(H,25,26). The predicted molar refractivity (Wildman–Crippen MR) is 106 cm³/mol. The third kappa shape index (κ3) is 4.64. The number of rotatable bonds is 8. The van der Waals surface area contributed by atoms with Crippen LogP contribution in [0.1, 0.15) is 56.9 Å². The number of hydrogen-bond donors (Lipinski definition) is 3. The van der Waals surface area contributed by atoms with Gasteiger partial charge in [0.15, 0.2) is 0 Å². The summed E-state index contributed by atoms with van der Waals surface area (Å²) < 4.78 is 24.9. The maximum Gasteiger partial charge on any atom is 0.303 e. The highest BCUT2D eigenvalue weighted by molar-refractivity contribution is 7.89. The molecule has 0 aromatic heterocycles. The largest absolute Gasteiger partial charge is 0.481 e. The molecule has 0 atom stereocenters. The van der Waals surface area contributed by atoms with Gasteiger partial charge in [0.25, 0.3) is 10.0 Å². The van der Waals surface area contributed by atoms with E-state index in [1.165, 1.54) is 31.4 Å². The van der Waals surface area contributed by atoms with Crippen LogP contribution in [0.3, 0.4) is 0 Å². The zero-order valence-electron chi connectivity index (χ0n) is 16.4. The fourth-order valence-corrected chi connectivity index (χ4v) is 7.02. The second-order valence-corrected chi connectivity index (χ2v) is 11.0. The molecule has 4 bridgehead atoms. The minimum Gasteiger partial charge on any atom is -0.481 e. The monoisotopic (exact) mass is 420 g/mol. The van der Waals surface area contributed by atoms with Gasteiger partial charge in [-0.2, -0.15) is 0 Å². The molecule has 4 aliphatic carbocycles. The number of carboxylic acid groups (broad SMARTS) is 1. The number of nitrogens with one attached hydrogen (secondary N) is 2. The highest BCUT2D eigenvalue weighted by atomic mass is 32.2. The molecule has 1 amide bonds. The number of amides is 1. The van der Waals surface area contributed by atoms with Crippen molar-refractivity contribution in [2.75, 3.05) is 0 Å². The first-order chi connectivity index (χ1) is 13.7. The first-order valence-electron chi connectivity index (χ1n) is 10.3. The summed E-state index contributed by atoms with van der Waals surface area (Å²) in [5, 5.41) is 8.72. The van der Waals surface area contributed by atoms with Crippen LogP contribution in [0.2, 0.25) is 0 Å². The van der Waals surface area contributed by atoms with Gasteiger partial charge < -0.3 is 5.11 Å². The molecule has 29 heavy (non-hydrogen) atoms. The molecule has 7 nitrogen and oxygen atoms in total. The number of carbonyl (C=O) groups excluding carboxylic acids is 1. The smallest absolute Gasteiger partial charge is 0.303 e. The van der Waals surface area contributed by atoms with E-state index >= 15 is 0 Å². The maximum absolute atomic E-state index is 12.5. The number of carboxylic acids is 1. The average molecular weight is 421 g/mol. The summed E-state index contributed by atoms with van der Waals surface area (Å²) in [6.45, 7) is 0. The van der Waals surface area contributed by atoms with Crippen molar-refractivity contribution in [3.63, 3.8) is 0 Å². The van der Waals surface area contributed by atoms with Crippen molar-refractivity contribution in [1.29, 1.82) is 0 Å². The summed E-state index contributed by atoms with van der Waals surface area (Å²) in [6.07, 6.45) is 7.90. The third-order valence-electron chi connectivity index (χ3n) is 6.89. The first-order valence-corrected chi connectivity index (χ1v) is 11.8. The molecule has 0 saturated heterocycles. The molecule has 4 aliphatic rings. The van der Waals surface area contributed by atoms with Gasteiger partial charge in [-0.15, -0.1) is 4.83 Å². The van der Waals surface area contributed by atoms with E-state index in [0.717, 1.165) is 42.6 Å². The molecule has 0 aliphatic heterocycles. The third-order valence-corrected chi connectivity index (χ3v) is 8.15. The van der Waals surface area contributed by atoms with Crippen molar-refractivity contribution >= 4 is 21.9 Å². The van der Waals surface area contributed by atoms with Gasteiger partial charge in [0.2, 0.25) is 5.91 Å². The predicted octanol–water partition coefficient (Wildman–Crippen LogP) is 2.62. The van der Waals surface area contributed by atoms with Gasteiger partial charge in [-0.1, -0.05) is 12.1 Å². The number of aliphatic carboxylic acids is 1. The van der Waals surface area contributed by atoms with E-state index in [2.05, 4.69) is 10.3 Å². The Bertz CT molecular complexity index is 859. The van der Waals surface area contributed by atoms with Crippen LogP contribution >= 0.6 is 0 Å². The SMILES string of the molecule is O=C(O)CCc1ccc(S(=O)(=O)NNC(=O)CC23CC4CC(CC(C4)C2)C3)cc1. The summed E-state index contributed by atoms with van der Waals surface area (Å²) in [5.41, 5.74) is 3.20. The van der Waals surface area contributed by atoms with Crippen molar-refractivity contribution in [2.45, 2.75) is 62.7 Å². The highest BCUT2D eigenvalue weighted by Gasteiger charge is 2.51. The highest BCUT2D eigenvalue weighted by Crippen LogP contribution is 2.61. The zero-order chi connectivity index (χ0) is 20.6. The second-order valence-electron chi connectivity index (χ2n) is 9.29.